The van der Waals surface area contributed by atoms with E-state index >= 15 is 0 Å². The highest BCUT2D eigenvalue weighted by Crippen LogP contribution is 2.18. The van der Waals surface area contributed by atoms with Gasteiger partial charge in [-0.3, -0.25) is 9.59 Å². The highest BCUT2D eigenvalue weighted by molar-refractivity contribution is 6.33. The summed E-state index contributed by atoms with van der Waals surface area (Å²) in [4.78, 5) is 34.6. The fourth-order valence-electron chi connectivity index (χ4n) is 1.90. The Morgan fingerprint density at radius 3 is 2.20 bits per heavy atom. The van der Waals surface area contributed by atoms with Crippen LogP contribution in [-0.2, 0) is 14.3 Å². The highest BCUT2D eigenvalue weighted by atomic mass is 35.5. The van der Waals surface area contributed by atoms with Crippen molar-refractivity contribution in [3.05, 3.63) is 58.9 Å². The number of halogens is 2. The largest absolute Gasteiger partial charge is 0.452 e. The summed E-state index contributed by atoms with van der Waals surface area (Å²) < 4.78 is 17.8. The number of esters is 1. The highest BCUT2D eigenvalue weighted by Gasteiger charge is 2.14. The maximum absolute atomic E-state index is 12.9. The smallest absolute Gasteiger partial charge is 0.340 e. The first-order valence-electron chi connectivity index (χ1n) is 7.15. The van der Waals surface area contributed by atoms with Gasteiger partial charge in [0.2, 0.25) is 5.91 Å². The first kappa shape index (κ1) is 18.4. The number of anilines is 2. The molecule has 130 valence electrons. The maximum Gasteiger partial charge on any atom is 0.340 e. The zero-order chi connectivity index (χ0) is 18.4. The van der Waals surface area contributed by atoms with Gasteiger partial charge < -0.3 is 15.4 Å². The summed E-state index contributed by atoms with van der Waals surface area (Å²) in [6.45, 7) is 0.859. The molecule has 0 spiro atoms. The molecule has 2 N–H and O–H groups in total. The SMILES string of the molecule is CC(=O)Nc1ccc(NC(=O)COC(=O)c2ccc(F)cc2Cl)cc1. The third kappa shape index (κ3) is 5.58. The Bertz CT molecular complexity index is 809. The molecule has 0 aliphatic rings. The van der Waals surface area contributed by atoms with Crippen molar-refractivity contribution < 1.29 is 23.5 Å². The molecule has 0 radical (unpaired) electrons. The van der Waals surface area contributed by atoms with Gasteiger partial charge in [0.1, 0.15) is 5.82 Å². The van der Waals surface area contributed by atoms with Crippen LogP contribution >= 0.6 is 11.6 Å². The van der Waals surface area contributed by atoms with Crippen molar-refractivity contribution in [1.29, 1.82) is 0 Å². The summed E-state index contributed by atoms with van der Waals surface area (Å²) in [5.41, 5.74) is 1.02. The second-order valence-electron chi connectivity index (χ2n) is 5.01. The van der Waals surface area contributed by atoms with Crippen molar-refractivity contribution in [3.63, 3.8) is 0 Å². The van der Waals surface area contributed by atoms with Gasteiger partial charge >= 0.3 is 5.97 Å². The van der Waals surface area contributed by atoms with E-state index in [1.54, 1.807) is 24.3 Å². The number of benzene rings is 2. The lowest BCUT2D eigenvalue weighted by Crippen LogP contribution is -2.21. The molecule has 0 aliphatic heterocycles. The number of hydrogen-bond acceptors (Lipinski definition) is 4. The number of carbonyl (C=O) groups excluding carboxylic acids is 3. The minimum atomic E-state index is -0.832. The number of rotatable bonds is 5. The van der Waals surface area contributed by atoms with Crippen molar-refractivity contribution in [2.45, 2.75) is 6.92 Å². The Labute approximate surface area is 147 Å². The van der Waals surface area contributed by atoms with Crippen LogP contribution in [-0.4, -0.2) is 24.4 Å². The van der Waals surface area contributed by atoms with Crippen molar-refractivity contribution in [3.8, 4) is 0 Å². The van der Waals surface area contributed by atoms with E-state index in [9.17, 15) is 18.8 Å². The van der Waals surface area contributed by atoms with Gasteiger partial charge in [-0.25, -0.2) is 9.18 Å². The lowest BCUT2D eigenvalue weighted by Gasteiger charge is -2.08. The molecule has 25 heavy (non-hydrogen) atoms. The normalized spacial score (nSPS) is 10.0. The Morgan fingerprint density at radius 1 is 1.04 bits per heavy atom. The van der Waals surface area contributed by atoms with Crippen LogP contribution in [0.5, 0.6) is 0 Å². The lowest BCUT2D eigenvalue weighted by molar-refractivity contribution is -0.119. The van der Waals surface area contributed by atoms with E-state index in [0.29, 0.717) is 11.4 Å². The number of ether oxygens (including phenoxy) is 1. The van der Waals surface area contributed by atoms with Gasteiger partial charge in [-0.15, -0.1) is 0 Å². The van der Waals surface area contributed by atoms with E-state index in [1.807, 2.05) is 0 Å². The Hall–Kier alpha value is -2.93. The zero-order valence-corrected chi connectivity index (χ0v) is 13.9. The van der Waals surface area contributed by atoms with Gasteiger partial charge in [0.05, 0.1) is 10.6 Å². The second-order valence-corrected chi connectivity index (χ2v) is 5.41. The molecule has 2 aromatic carbocycles. The van der Waals surface area contributed by atoms with Gasteiger partial charge in [-0.2, -0.15) is 0 Å². The van der Waals surface area contributed by atoms with Gasteiger partial charge in [0, 0.05) is 18.3 Å². The Morgan fingerprint density at radius 2 is 1.64 bits per heavy atom. The van der Waals surface area contributed by atoms with E-state index in [-0.39, 0.29) is 16.5 Å². The van der Waals surface area contributed by atoms with Crippen LogP contribution in [0, 0.1) is 5.82 Å². The van der Waals surface area contributed by atoms with Crippen LogP contribution in [0.2, 0.25) is 5.02 Å². The van der Waals surface area contributed by atoms with Crippen molar-refractivity contribution in [2.75, 3.05) is 17.2 Å². The van der Waals surface area contributed by atoms with Gasteiger partial charge in [-0.05, 0) is 42.5 Å². The van der Waals surface area contributed by atoms with Crippen LogP contribution in [0.3, 0.4) is 0 Å². The van der Waals surface area contributed by atoms with Crippen molar-refractivity contribution in [1.82, 2.24) is 0 Å². The molecule has 0 aromatic heterocycles. The predicted molar refractivity (Wildman–Crippen MR) is 91.1 cm³/mol. The number of amides is 2. The summed E-state index contributed by atoms with van der Waals surface area (Å²) in [6.07, 6.45) is 0. The monoisotopic (exact) mass is 364 g/mol. The molecule has 8 heteroatoms. The molecule has 0 saturated heterocycles. The first-order chi connectivity index (χ1) is 11.8. The van der Waals surface area contributed by atoms with Crippen LogP contribution < -0.4 is 10.6 Å². The summed E-state index contributed by atoms with van der Waals surface area (Å²) in [5.74, 6) is -2.18. The van der Waals surface area contributed by atoms with E-state index in [2.05, 4.69) is 10.6 Å². The summed E-state index contributed by atoms with van der Waals surface area (Å²) in [7, 11) is 0. The number of nitrogens with one attached hydrogen (secondary N) is 2. The Balaban J connectivity index is 1.87. The van der Waals surface area contributed by atoms with Crippen LogP contribution in [0.4, 0.5) is 15.8 Å². The fourth-order valence-corrected chi connectivity index (χ4v) is 2.15. The summed E-state index contributed by atoms with van der Waals surface area (Å²) in [5, 5.41) is 5.03. The molecule has 0 unspecified atom stereocenters. The Kier molecular flexibility index (Phi) is 6.08. The minimum Gasteiger partial charge on any atom is -0.452 e. The molecule has 2 rings (SSSR count). The van der Waals surface area contributed by atoms with Crippen LogP contribution in [0.1, 0.15) is 17.3 Å². The molecular weight excluding hydrogens is 351 g/mol. The molecule has 0 bridgehead atoms. The number of hydrogen-bond donors (Lipinski definition) is 2. The zero-order valence-electron chi connectivity index (χ0n) is 13.1. The van der Waals surface area contributed by atoms with Gasteiger partial charge in [-0.1, -0.05) is 11.6 Å². The molecule has 6 nitrogen and oxygen atoms in total. The lowest BCUT2D eigenvalue weighted by atomic mass is 10.2. The minimum absolute atomic E-state index is 0.0319. The molecule has 0 atom stereocenters. The summed E-state index contributed by atoms with van der Waals surface area (Å²) in [6, 6.07) is 9.62. The van der Waals surface area contributed by atoms with Gasteiger partial charge in [0.25, 0.3) is 5.91 Å². The standard InChI is InChI=1S/C17H14ClFN2O4/c1-10(22)20-12-3-5-13(6-4-12)21-16(23)9-25-17(24)14-7-2-11(19)8-15(14)18/h2-8H,9H2,1H3,(H,20,22)(H,21,23). The molecule has 0 aliphatic carbocycles. The van der Waals surface area contributed by atoms with Crippen molar-refractivity contribution >= 4 is 40.8 Å². The van der Waals surface area contributed by atoms with E-state index in [0.717, 1.165) is 12.1 Å². The third-order valence-corrected chi connectivity index (χ3v) is 3.29. The fraction of sp³-hybridized carbons (Fsp3) is 0.118. The van der Waals surface area contributed by atoms with E-state index in [4.69, 9.17) is 16.3 Å². The van der Waals surface area contributed by atoms with E-state index < -0.39 is 24.3 Å². The molecule has 0 heterocycles. The quantitative estimate of drug-likeness (QED) is 0.798. The molecule has 2 amide bonds. The third-order valence-electron chi connectivity index (χ3n) is 2.97. The molecule has 0 saturated carbocycles. The summed E-state index contributed by atoms with van der Waals surface area (Å²) >= 11 is 5.75. The molecule has 0 fully saturated rings. The molecular formula is C17H14ClFN2O4. The second kappa shape index (κ2) is 8.25. The maximum atomic E-state index is 12.9. The average molecular weight is 365 g/mol. The van der Waals surface area contributed by atoms with E-state index in [1.165, 1.54) is 13.0 Å². The van der Waals surface area contributed by atoms with Crippen LogP contribution in [0.25, 0.3) is 0 Å². The van der Waals surface area contributed by atoms with Crippen LogP contribution in [0.15, 0.2) is 42.5 Å². The average Bonchev–Trinajstić information content (AvgIpc) is 2.54. The molecule has 2 aromatic rings. The van der Waals surface area contributed by atoms with Crippen molar-refractivity contribution in [2.24, 2.45) is 0 Å². The first-order valence-corrected chi connectivity index (χ1v) is 7.52. The van der Waals surface area contributed by atoms with Gasteiger partial charge in [0.15, 0.2) is 6.61 Å². The number of carbonyl (C=O) groups is 3. The topological polar surface area (TPSA) is 84.5 Å². The predicted octanol–water partition coefficient (Wildman–Crippen LogP) is 3.23.